The average Bonchev–Trinajstić information content (AvgIpc) is 2.92. The molecule has 0 aliphatic heterocycles. The molecule has 1 aromatic rings. The van der Waals surface area contributed by atoms with Crippen molar-refractivity contribution in [2.75, 3.05) is 0 Å². The minimum absolute atomic E-state index is 0.114. The third-order valence-corrected chi connectivity index (χ3v) is 4.46. The predicted octanol–water partition coefficient (Wildman–Crippen LogP) is 2.41. The molecule has 5 nitrogen and oxygen atoms in total. The molecular formula is C15H25N3O2S. The van der Waals surface area contributed by atoms with Crippen molar-refractivity contribution in [3.8, 4) is 0 Å². The van der Waals surface area contributed by atoms with Crippen LogP contribution in [0.25, 0.3) is 0 Å². The third-order valence-electron chi connectivity index (χ3n) is 3.23. The van der Waals surface area contributed by atoms with Gasteiger partial charge in [-0.1, -0.05) is 13.8 Å². The van der Waals surface area contributed by atoms with E-state index < -0.39 is 6.04 Å². The normalized spacial score (nSPS) is 13.3. The molecular weight excluding hydrogens is 286 g/mol. The van der Waals surface area contributed by atoms with Gasteiger partial charge in [0.2, 0.25) is 5.91 Å². The zero-order valence-corrected chi connectivity index (χ0v) is 14.0. The molecule has 0 fully saturated rings. The van der Waals surface area contributed by atoms with Crippen LogP contribution < -0.4 is 16.0 Å². The Morgan fingerprint density at radius 2 is 1.81 bits per heavy atom. The second-order valence-corrected chi connectivity index (χ2v) is 6.34. The SMILES string of the molecule is CCc1ccc(CNC(=O)N[C@H](C)C(=O)N[C@@H](C)CC)s1. The number of carbonyl (C=O) groups is 2. The molecule has 2 atom stereocenters. The first-order chi connectivity index (χ1) is 9.96. The molecule has 6 heteroatoms. The second kappa shape index (κ2) is 8.67. The Hall–Kier alpha value is -1.56. The molecule has 21 heavy (non-hydrogen) atoms. The molecule has 0 aliphatic rings. The molecule has 3 N–H and O–H groups in total. The molecule has 0 unspecified atom stereocenters. The maximum atomic E-state index is 11.8. The van der Waals surface area contributed by atoms with Gasteiger partial charge in [-0.25, -0.2) is 4.79 Å². The van der Waals surface area contributed by atoms with E-state index in [1.807, 2.05) is 19.9 Å². The van der Waals surface area contributed by atoms with Crippen molar-refractivity contribution < 1.29 is 9.59 Å². The smallest absolute Gasteiger partial charge is 0.315 e. The molecule has 1 heterocycles. The molecule has 118 valence electrons. The van der Waals surface area contributed by atoms with Gasteiger partial charge >= 0.3 is 6.03 Å². The molecule has 0 bridgehead atoms. The van der Waals surface area contributed by atoms with E-state index in [4.69, 9.17) is 0 Å². The molecule has 1 aromatic heterocycles. The maximum absolute atomic E-state index is 11.8. The molecule has 0 saturated heterocycles. The van der Waals surface area contributed by atoms with E-state index in [-0.39, 0.29) is 18.0 Å². The van der Waals surface area contributed by atoms with E-state index in [9.17, 15) is 9.59 Å². The zero-order valence-electron chi connectivity index (χ0n) is 13.2. The lowest BCUT2D eigenvalue weighted by atomic mass is 10.2. The lowest BCUT2D eigenvalue weighted by molar-refractivity contribution is -0.123. The van der Waals surface area contributed by atoms with Crippen molar-refractivity contribution in [1.82, 2.24) is 16.0 Å². The Bertz CT molecular complexity index is 473. The quantitative estimate of drug-likeness (QED) is 0.724. The van der Waals surface area contributed by atoms with Crippen molar-refractivity contribution in [2.45, 2.75) is 59.2 Å². The largest absolute Gasteiger partial charge is 0.352 e. The van der Waals surface area contributed by atoms with Gasteiger partial charge in [-0.2, -0.15) is 0 Å². The predicted molar refractivity (Wildman–Crippen MR) is 86.4 cm³/mol. The number of amides is 3. The molecule has 0 spiro atoms. The Kier molecular flexibility index (Phi) is 7.22. The van der Waals surface area contributed by atoms with Crippen LogP contribution in [0.3, 0.4) is 0 Å². The van der Waals surface area contributed by atoms with Gasteiger partial charge in [0.25, 0.3) is 0 Å². The second-order valence-electron chi connectivity index (χ2n) is 5.09. The summed E-state index contributed by atoms with van der Waals surface area (Å²) in [5.74, 6) is -0.163. The summed E-state index contributed by atoms with van der Waals surface area (Å²) in [7, 11) is 0. The molecule has 0 aliphatic carbocycles. The number of carbonyl (C=O) groups excluding carboxylic acids is 2. The monoisotopic (exact) mass is 311 g/mol. The molecule has 0 saturated carbocycles. The fourth-order valence-electron chi connectivity index (χ4n) is 1.66. The summed E-state index contributed by atoms with van der Waals surface area (Å²) in [5.41, 5.74) is 0. The third kappa shape index (κ3) is 6.16. The van der Waals surface area contributed by atoms with Gasteiger partial charge < -0.3 is 16.0 Å². The van der Waals surface area contributed by atoms with Crippen LogP contribution in [-0.2, 0) is 17.8 Å². The number of hydrogen-bond acceptors (Lipinski definition) is 3. The summed E-state index contributed by atoms with van der Waals surface area (Å²) >= 11 is 1.69. The number of thiophene rings is 1. The minimum atomic E-state index is -0.548. The van der Waals surface area contributed by atoms with E-state index in [2.05, 4.69) is 28.9 Å². The van der Waals surface area contributed by atoms with E-state index >= 15 is 0 Å². The lowest BCUT2D eigenvalue weighted by Gasteiger charge is -2.17. The highest BCUT2D eigenvalue weighted by molar-refractivity contribution is 7.11. The van der Waals surface area contributed by atoms with Crippen LogP contribution in [0.4, 0.5) is 4.79 Å². The van der Waals surface area contributed by atoms with Crippen molar-refractivity contribution >= 4 is 23.3 Å². The van der Waals surface area contributed by atoms with Gasteiger partial charge in [-0.05, 0) is 38.8 Å². The van der Waals surface area contributed by atoms with Gasteiger partial charge in [0.1, 0.15) is 6.04 Å². The maximum Gasteiger partial charge on any atom is 0.315 e. The van der Waals surface area contributed by atoms with E-state index in [0.29, 0.717) is 6.54 Å². The van der Waals surface area contributed by atoms with Crippen molar-refractivity contribution in [3.05, 3.63) is 21.9 Å². The van der Waals surface area contributed by atoms with Gasteiger partial charge in [-0.15, -0.1) is 11.3 Å². The first-order valence-electron chi connectivity index (χ1n) is 7.38. The van der Waals surface area contributed by atoms with Crippen LogP contribution in [-0.4, -0.2) is 24.0 Å². The summed E-state index contributed by atoms with van der Waals surface area (Å²) in [4.78, 5) is 26.0. The molecule has 0 aromatic carbocycles. The summed E-state index contributed by atoms with van der Waals surface area (Å²) in [6.45, 7) is 8.20. The first kappa shape index (κ1) is 17.5. The summed E-state index contributed by atoms with van der Waals surface area (Å²) in [6, 6.07) is 3.33. The van der Waals surface area contributed by atoms with Gasteiger partial charge in [-0.3, -0.25) is 4.79 Å². The number of hydrogen-bond donors (Lipinski definition) is 3. The van der Waals surface area contributed by atoms with Gasteiger partial charge in [0.15, 0.2) is 0 Å². The standard InChI is InChI=1S/C15H25N3O2S/c1-5-10(3)17-14(19)11(4)18-15(20)16-9-13-8-7-12(6-2)21-13/h7-8,10-11H,5-6,9H2,1-4H3,(H,17,19)(H2,16,18,20)/t10-,11+/m0/s1. The van der Waals surface area contributed by atoms with Crippen LogP contribution in [0.15, 0.2) is 12.1 Å². The van der Waals surface area contributed by atoms with Crippen LogP contribution in [0.5, 0.6) is 0 Å². The van der Waals surface area contributed by atoms with Gasteiger partial charge in [0, 0.05) is 15.8 Å². The topological polar surface area (TPSA) is 70.2 Å². The summed E-state index contributed by atoms with van der Waals surface area (Å²) in [6.07, 6.45) is 1.87. The van der Waals surface area contributed by atoms with Crippen LogP contribution in [0.1, 0.15) is 43.9 Å². The number of urea groups is 1. The van der Waals surface area contributed by atoms with E-state index in [0.717, 1.165) is 17.7 Å². The van der Waals surface area contributed by atoms with Crippen molar-refractivity contribution in [2.24, 2.45) is 0 Å². The van der Waals surface area contributed by atoms with Crippen LogP contribution >= 0.6 is 11.3 Å². The Balaban J connectivity index is 2.33. The van der Waals surface area contributed by atoms with Crippen molar-refractivity contribution in [1.29, 1.82) is 0 Å². The highest BCUT2D eigenvalue weighted by Gasteiger charge is 2.16. The van der Waals surface area contributed by atoms with E-state index in [1.165, 1.54) is 4.88 Å². The van der Waals surface area contributed by atoms with Crippen LogP contribution in [0.2, 0.25) is 0 Å². The summed E-state index contributed by atoms with van der Waals surface area (Å²) in [5, 5.41) is 8.25. The zero-order chi connectivity index (χ0) is 15.8. The minimum Gasteiger partial charge on any atom is -0.352 e. The highest BCUT2D eigenvalue weighted by Crippen LogP contribution is 2.16. The van der Waals surface area contributed by atoms with Crippen LogP contribution in [0, 0.1) is 0 Å². The van der Waals surface area contributed by atoms with E-state index in [1.54, 1.807) is 18.3 Å². The highest BCUT2D eigenvalue weighted by atomic mass is 32.1. The number of aryl methyl sites for hydroxylation is 1. The average molecular weight is 311 g/mol. The van der Waals surface area contributed by atoms with Crippen molar-refractivity contribution in [3.63, 3.8) is 0 Å². The fourth-order valence-corrected chi connectivity index (χ4v) is 2.56. The first-order valence-corrected chi connectivity index (χ1v) is 8.20. The van der Waals surface area contributed by atoms with Gasteiger partial charge in [0.05, 0.1) is 6.54 Å². The molecule has 3 amide bonds. The lowest BCUT2D eigenvalue weighted by Crippen LogP contribution is -2.49. The Labute approximate surface area is 130 Å². The molecule has 0 radical (unpaired) electrons. The summed E-state index contributed by atoms with van der Waals surface area (Å²) < 4.78 is 0. The Morgan fingerprint density at radius 1 is 1.14 bits per heavy atom. The Morgan fingerprint density at radius 3 is 2.38 bits per heavy atom. The molecule has 1 rings (SSSR count). The number of rotatable bonds is 7. The fraction of sp³-hybridized carbons (Fsp3) is 0.600. The number of nitrogens with one attached hydrogen (secondary N) is 3.